The van der Waals surface area contributed by atoms with Crippen molar-refractivity contribution in [3.8, 4) is 0 Å². The lowest BCUT2D eigenvalue weighted by atomic mass is 9.56. The average molecular weight is 282 g/mol. The lowest BCUT2D eigenvalue weighted by molar-refractivity contribution is -0.237. The molecule has 3 N–H and O–H groups in total. The van der Waals surface area contributed by atoms with Crippen LogP contribution in [0.4, 0.5) is 4.79 Å². The van der Waals surface area contributed by atoms with Gasteiger partial charge in [0.15, 0.2) is 0 Å². The van der Waals surface area contributed by atoms with Crippen molar-refractivity contribution < 1.29 is 14.6 Å². The SMILES string of the molecule is CCO[C@@H]1C[C@](O)(CNC(=O)NC2CC=CC2)C1(C)C. The molecule has 1 fully saturated rings. The van der Waals surface area contributed by atoms with Crippen molar-refractivity contribution in [3.63, 3.8) is 0 Å². The Morgan fingerprint density at radius 1 is 1.40 bits per heavy atom. The molecule has 20 heavy (non-hydrogen) atoms. The summed E-state index contributed by atoms with van der Waals surface area (Å²) in [5.41, 5.74) is -1.23. The highest BCUT2D eigenvalue weighted by Gasteiger charge is 2.59. The van der Waals surface area contributed by atoms with Crippen LogP contribution in [-0.4, -0.2) is 42.0 Å². The summed E-state index contributed by atoms with van der Waals surface area (Å²) < 4.78 is 5.61. The van der Waals surface area contributed by atoms with Gasteiger partial charge in [-0.15, -0.1) is 0 Å². The van der Waals surface area contributed by atoms with Gasteiger partial charge in [-0.3, -0.25) is 0 Å². The number of nitrogens with one attached hydrogen (secondary N) is 2. The van der Waals surface area contributed by atoms with Gasteiger partial charge in [-0.25, -0.2) is 4.79 Å². The standard InChI is InChI=1S/C15H26N2O3/c1-4-20-12-9-15(19,14(12,2)3)10-16-13(18)17-11-7-5-6-8-11/h5-6,11-12,19H,4,7-10H2,1-3H3,(H2,16,17,18)/t12-,15+/m1/s1. The van der Waals surface area contributed by atoms with E-state index in [9.17, 15) is 9.90 Å². The summed E-state index contributed by atoms with van der Waals surface area (Å²) in [7, 11) is 0. The van der Waals surface area contributed by atoms with E-state index >= 15 is 0 Å². The summed E-state index contributed by atoms with van der Waals surface area (Å²) >= 11 is 0. The Bertz CT molecular complexity index is 387. The van der Waals surface area contributed by atoms with Gasteiger partial charge in [0.25, 0.3) is 0 Å². The lowest BCUT2D eigenvalue weighted by Gasteiger charge is -2.57. The zero-order valence-electron chi connectivity index (χ0n) is 12.6. The van der Waals surface area contributed by atoms with Crippen molar-refractivity contribution in [1.82, 2.24) is 10.6 Å². The lowest BCUT2D eigenvalue weighted by Crippen LogP contribution is -2.69. The van der Waals surface area contributed by atoms with E-state index in [4.69, 9.17) is 4.74 Å². The molecule has 2 atom stereocenters. The predicted molar refractivity (Wildman–Crippen MR) is 77.5 cm³/mol. The van der Waals surface area contributed by atoms with Crippen LogP contribution in [0.15, 0.2) is 12.2 Å². The fourth-order valence-electron chi connectivity index (χ4n) is 2.96. The van der Waals surface area contributed by atoms with E-state index in [-0.39, 0.29) is 30.1 Å². The molecule has 2 rings (SSSR count). The molecule has 0 aliphatic heterocycles. The first-order chi connectivity index (χ1) is 9.39. The fourth-order valence-corrected chi connectivity index (χ4v) is 2.96. The first kappa shape index (κ1) is 15.3. The van der Waals surface area contributed by atoms with Crippen LogP contribution < -0.4 is 10.6 Å². The molecule has 0 unspecified atom stereocenters. The third kappa shape index (κ3) is 2.83. The first-order valence-electron chi connectivity index (χ1n) is 7.42. The van der Waals surface area contributed by atoms with E-state index in [1.54, 1.807) is 0 Å². The molecule has 114 valence electrons. The van der Waals surface area contributed by atoms with Crippen LogP contribution in [0.25, 0.3) is 0 Å². The van der Waals surface area contributed by atoms with Gasteiger partial charge in [-0.05, 0) is 19.8 Å². The van der Waals surface area contributed by atoms with Gasteiger partial charge in [-0.1, -0.05) is 26.0 Å². The zero-order chi connectivity index (χ0) is 14.8. The zero-order valence-corrected chi connectivity index (χ0v) is 12.6. The summed E-state index contributed by atoms with van der Waals surface area (Å²) in [6, 6.07) is -0.0157. The minimum atomic E-state index is -0.891. The number of carbonyl (C=O) groups excluding carboxylic acids is 1. The Morgan fingerprint density at radius 3 is 2.60 bits per heavy atom. The van der Waals surface area contributed by atoms with Crippen LogP contribution in [-0.2, 0) is 4.74 Å². The summed E-state index contributed by atoms with van der Waals surface area (Å²) in [6.45, 7) is 6.83. The molecule has 1 saturated carbocycles. The number of carbonyl (C=O) groups is 1. The number of ether oxygens (including phenoxy) is 1. The molecule has 0 heterocycles. The smallest absolute Gasteiger partial charge is 0.315 e. The molecular weight excluding hydrogens is 256 g/mol. The third-order valence-corrected chi connectivity index (χ3v) is 4.78. The topological polar surface area (TPSA) is 70.6 Å². The van der Waals surface area contributed by atoms with E-state index in [0.717, 1.165) is 12.8 Å². The molecular formula is C15H26N2O3. The van der Waals surface area contributed by atoms with Gasteiger partial charge in [0.2, 0.25) is 0 Å². The molecule has 0 aromatic heterocycles. The minimum Gasteiger partial charge on any atom is -0.387 e. The second kappa shape index (κ2) is 5.74. The van der Waals surface area contributed by atoms with E-state index in [2.05, 4.69) is 22.8 Å². The third-order valence-electron chi connectivity index (χ3n) is 4.78. The molecule has 0 bridgehead atoms. The van der Waals surface area contributed by atoms with Crippen LogP contribution in [0.5, 0.6) is 0 Å². The van der Waals surface area contributed by atoms with Crippen LogP contribution in [0.1, 0.15) is 40.0 Å². The van der Waals surface area contributed by atoms with Crippen molar-refractivity contribution >= 4 is 6.03 Å². The largest absolute Gasteiger partial charge is 0.387 e. The number of hydrogen-bond donors (Lipinski definition) is 3. The summed E-state index contributed by atoms with van der Waals surface area (Å²) in [6.07, 6.45) is 6.53. The molecule has 2 aliphatic carbocycles. The molecule has 2 aliphatic rings. The molecule has 0 saturated heterocycles. The van der Waals surface area contributed by atoms with Crippen LogP contribution in [0.2, 0.25) is 0 Å². The summed E-state index contributed by atoms with van der Waals surface area (Å²) in [4.78, 5) is 11.8. The van der Waals surface area contributed by atoms with E-state index < -0.39 is 5.60 Å². The summed E-state index contributed by atoms with van der Waals surface area (Å²) in [5, 5.41) is 16.3. The van der Waals surface area contributed by atoms with Gasteiger partial charge >= 0.3 is 6.03 Å². The first-order valence-corrected chi connectivity index (χ1v) is 7.42. The monoisotopic (exact) mass is 282 g/mol. The number of rotatable bonds is 5. The van der Waals surface area contributed by atoms with Gasteiger partial charge in [0, 0.05) is 31.0 Å². The number of aliphatic hydroxyl groups is 1. The molecule has 5 heteroatoms. The number of urea groups is 1. The number of amides is 2. The van der Waals surface area contributed by atoms with Crippen molar-refractivity contribution in [2.24, 2.45) is 5.41 Å². The van der Waals surface area contributed by atoms with E-state index in [0.29, 0.717) is 13.0 Å². The minimum absolute atomic E-state index is 0.0568. The van der Waals surface area contributed by atoms with Crippen molar-refractivity contribution in [2.45, 2.75) is 57.8 Å². The van der Waals surface area contributed by atoms with Crippen LogP contribution in [0.3, 0.4) is 0 Å². The van der Waals surface area contributed by atoms with Gasteiger partial charge < -0.3 is 20.5 Å². The highest BCUT2D eigenvalue weighted by Crippen LogP contribution is 2.50. The average Bonchev–Trinajstić information content (AvgIpc) is 2.89. The number of hydrogen-bond acceptors (Lipinski definition) is 3. The van der Waals surface area contributed by atoms with Gasteiger partial charge in [0.05, 0.1) is 11.7 Å². The van der Waals surface area contributed by atoms with Crippen molar-refractivity contribution in [3.05, 3.63) is 12.2 Å². The second-order valence-corrected chi connectivity index (χ2v) is 6.37. The Kier molecular flexibility index (Phi) is 4.39. The molecule has 5 nitrogen and oxygen atoms in total. The molecule has 2 amide bonds. The Hall–Kier alpha value is -1.07. The van der Waals surface area contributed by atoms with E-state index in [1.807, 2.05) is 20.8 Å². The normalized spacial score (nSPS) is 31.9. The molecule has 0 radical (unpaired) electrons. The molecule has 0 aromatic rings. The quantitative estimate of drug-likeness (QED) is 0.670. The Morgan fingerprint density at radius 2 is 2.05 bits per heavy atom. The maximum absolute atomic E-state index is 11.8. The maximum atomic E-state index is 11.8. The Labute approximate surface area is 120 Å². The van der Waals surface area contributed by atoms with Crippen LogP contribution >= 0.6 is 0 Å². The molecule has 0 spiro atoms. The van der Waals surface area contributed by atoms with Crippen LogP contribution in [0, 0.1) is 5.41 Å². The van der Waals surface area contributed by atoms with Gasteiger partial charge in [0.1, 0.15) is 0 Å². The highest BCUT2D eigenvalue weighted by atomic mass is 16.5. The van der Waals surface area contributed by atoms with Crippen molar-refractivity contribution in [1.29, 1.82) is 0 Å². The highest BCUT2D eigenvalue weighted by molar-refractivity contribution is 5.74. The van der Waals surface area contributed by atoms with E-state index in [1.165, 1.54) is 0 Å². The summed E-state index contributed by atoms with van der Waals surface area (Å²) in [5.74, 6) is 0. The fraction of sp³-hybridized carbons (Fsp3) is 0.800. The molecule has 0 aromatic carbocycles. The Balaban J connectivity index is 1.77. The van der Waals surface area contributed by atoms with Gasteiger partial charge in [-0.2, -0.15) is 0 Å². The second-order valence-electron chi connectivity index (χ2n) is 6.37. The van der Waals surface area contributed by atoms with Crippen molar-refractivity contribution in [2.75, 3.05) is 13.2 Å². The maximum Gasteiger partial charge on any atom is 0.315 e. The predicted octanol–water partition coefficient (Wildman–Crippen LogP) is 1.57.